The van der Waals surface area contributed by atoms with Gasteiger partial charge in [-0.25, -0.2) is 5.10 Å². The molecule has 0 saturated carbocycles. The molecule has 84 valence electrons. The predicted molar refractivity (Wildman–Crippen MR) is 57.2 cm³/mol. The van der Waals surface area contributed by atoms with Crippen LogP contribution in [0.5, 0.6) is 6.01 Å². The number of H-pyrrole nitrogens is 1. The molecule has 2 heterocycles. The second kappa shape index (κ2) is 4.48. The molecule has 0 bridgehead atoms. The lowest BCUT2D eigenvalue weighted by atomic mass is 10.2. The van der Waals surface area contributed by atoms with E-state index in [1.54, 1.807) is 0 Å². The molecule has 2 rings (SSSR count). The number of ether oxygens (including phenoxy) is 1. The van der Waals surface area contributed by atoms with Crippen molar-refractivity contribution in [2.75, 3.05) is 31.1 Å². The van der Waals surface area contributed by atoms with Gasteiger partial charge in [-0.05, 0) is 13.8 Å². The summed E-state index contributed by atoms with van der Waals surface area (Å²) in [7, 11) is 0. The lowest BCUT2D eigenvalue weighted by Crippen LogP contribution is -2.49. The lowest BCUT2D eigenvalue weighted by Gasteiger charge is -2.31. The molecule has 1 aliphatic rings. The van der Waals surface area contributed by atoms with Gasteiger partial charge in [0.25, 0.3) is 0 Å². The van der Waals surface area contributed by atoms with Gasteiger partial charge in [0, 0.05) is 25.7 Å². The molecule has 0 radical (unpaired) electrons. The summed E-state index contributed by atoms with van der Waals surface area (Å²) in [6.07, 6.45) is 0. The summed E-state index contributed by atoms with van der Waals surface area (Å²) in [5, 5.41) is 10.3. The Morgan fingerprint density at radius 1 is 1.60 bits per heavy atom. The van der Waals surface area contributed by atoms with Gasteiger partial charge in [-0.15, -0.1) is 5.10 Å². The van der Waals surface area contributed by atoms with Gasteiger partial charge >= 0.3 is 6.01 Å². The number of anilines is 1. The number of aromatic amines is 1. The van der Waals surface area contributed by atoms with Crippen LogP contribution in [0.2, 0.25) is 0 Å². The van der Waals surface area contributed by atoms with Crippen molar-refractivity contribution in [3.63, 3.8) is 0 Å². The molecule has 1 atom stereocenters. The molecule has 1 fully saturated rings. The van der Waals surface area contributed by atoms with Gasteiger partial charge in [0.15, 0.2) is 0 Å². The van der Waals surface area contributed by atoms with Crippen LogP contribution in [0.3, 0.4) is 0 Å². The Bertz CT molecular complexity index is 313. The summed E-state index contributed by atoms with van der Waals surface area (Å²) in [4.78, 5) is 6.44. The number of aromatic nitrogens is 3. The average molecular weight is 211 g/mol. The molecule has 6 nitrogen and oxygen atoms in total. The van der Waals surface area contributed by atoms with E-state index in [-0.39, 0.29) is 0 Å². The predicted octanol–water partition coefficient (Wildman–Crippen LogP) is 0.00150. The average Bonchev–Trinajstić information content (AvgIpc) is 2.67. The first-order valence-electron chi connectivity index (χ1n) is 5.33. The van der Waals surface area contributed by atoms with Crippen LogP contribution in [0.15, 0.2) is 0 Å². The SMILES string of the molecule is CCOc1n[nH]c(N2CCN[C@@H](C)C2)n1. The van der Waals surface area contributed by atoms with Crippen LogP contribution < -0.4 is 15.0 Å². The van der Waals surface area contributed by atoms with Gasteiger partial charge < -0.3 is 15.0 Å². The van der Waals surface area contributed by atoms with Crippen molar-refractivity contribution in [2.45, 2.75) is 19.9 Å². The van der Waals surface area contributed by atoms with E-state index in [2.05, 4.69) is 32.3 Å². The fourth-order valence-corrected chi connectivity index (χ4v) is 1.70. The lowest BCUT2D eigenvalue weighted by molar-refractivity contribution is 0.314. The van der Waals surface area contributed by atoms with E-state index in [0.717, 1.165) is 25.6 Å². The summed E-state index contributed by atoms with van der Waals surface area (Å²) in [5.74, 6) is 0.798. The van der Waals surface area contributed by atoms with Crippen LogP contribution >= 0.6 is 0 Å². The van der Waals surface area contributed by atoms with Gasteiger partial charge in [-0.3, -0.25) is 0 Å². The quantitative estimate of drug-likeness (QED) is 0.736. The van der Waals surface area contributed by atoms with E-state index in [0.29, 0.717) is 18.7 Å². The largest absolute Gasteiger partial charge is 0.463 e. The molecule has 1 aromatic heterocycles. The van der Waals surface area contributed by atoms with Crippen LogP contribution in [-0.2, 0) is 0 Å². The second-order valence-electron chi connectivity index (χ2n) is 3.68. The van der Waals surface area contributed by atoms with E-state index in [1.165, 1.54) is 0 Å². The van der Waals surface area contributed by atoms with Crippen molar-refractivity contribution >= 4 is 5.95 Å². The van der Waals surface area contributed by atoms with E-state index < -0.39 is 0 Å². The van der Waals surface area contributed by atoms with Crippen LogP contribution in [-0.4, -0.2) is 47.5 Å². The number of rotatable bonds is 3. The minimum Gasteiger partial charge on any atom is -0.463 e. The van der Waals surface area contributed by atoms with E-state index in [9.17, 15) is 0 Å². The summed E-state index contributed by atoms with van der Waals surface area (Å²) in [6, 6.07) is 0.915. The van der Waals surface area contributed by atoms with Crippen molar-refractivity contribution in [3.05, 3.63) is 0 Å². The molecule has 1 aromatic rings. The number of nitrogens with one attached hydrogen (secondary N) is 2. The molecule has 1 saturated heterocycles. The van der Waals surface area contributed by atoms with Crippen molar-refractivity contribution in [3.8, 4) is 6.01 Å². The third-order valence-electron chi connectivity index (χ3n) is 2.39. The Hall–Kier alpha value is -1.30. The van der Waals surface area contributed by atoms with Crippen LogP contribution in [0.4, 0.5) is 5.95 Å². The van der Waals surface area contributed by atoms with Crippen LogP contribution in [0.1, 0.15) is 13.8 Å². The van der Waals surface area contributed by atoms with Gasteiger partial charge in [0.05, 0.1) is 6.61 Å². The highest BCUT2D eigenvalue weighted by Crippen LogP contribution is 2.12. The first-order chi connectivity index (χ1) is 7.29. The summed E-state index contributed by atoms with van der Waals surface area (Å²) in [6.45, 7) is 7.54. The summed E-state index contributed by atoms with van der Waals surface area (Å²) >= 11 is 0. The Balaban J connectivity index is 2.01. The number of piperazine rings is 1. The van der Waals surface area contributed by atoms with Gasteiger partial charge in [0.1, 0.15) is 0 Å². The smallest absolute Gasteiger partial charge is 0.337 e. The Labute approximate surface area is 89.0 Å². The molecule has 15 heavy (non-hydrogen) atoms. The van der Waals surface area contributed by atoms with Crippen molar-refractivity contribution in [1.29, 1.82) is 0 Å². The van der Waals surface area contributed by atoms with Gasteiger partial charge in [-0.2, -0.15) is 4.98 Å². The number of hydrogen-bond acceptors (Lipinski definition) is 5. The van der Waals surface area contributed by atoms with Gasteiger partial charge in [-0.1, -0.05) is 0 Å². The maximum Gasteiger partial charge on any atom is 0.337 e. The molecule has 0 aliphatic carbocycles. The third-order valence-corrected chi connectivity index (χ3v) is 2.39. The highest BCUT2D eigenvalue weighted by molar-refractivity contribution is 5.31. The molecule has 2 N–H and O–H groups in total. The second-order valence-corrected chi connectivity index (χ2v) is 3.68. The monoisotopic (exact) mass is 211 g/mol. The zero-order valence-electron chi connectivity index (χ0n) is 9.16. The Morgan fingerprint density at radius 2 is 2.47 bits per heavy atom. The zero-order chi connectivity index (χ0) is 10.7. The molecule has 1 aliphatic heterocycles. The Kier molecular flexibility index (Phi) is 3.05. The van der Waals surface area contributed by atoms with Crippen molar-refractivity contribution in [1.82, 2.24) is 20.5 Å². The highest BCUT2D eigenvalue weighted by atomic mass is 16.5. The third kappa shape index (κ3) is 2.38. The van der Waals surface area contributed by atoms with Crippen molar-refractivity contribution < 1.29 is 4.74 Å². The first-order valence-corrected chi connectivity index (χ1v) is 5.33. The van der Waals surface area contributed by atoms with E-state index >= 15 is 0 Å². The van der Waals surface area contributed by atoms with E-state index in [1.807, 2.05) is 6.92 Å². The number of nitrogens with zero attached hydrogens (tertiary/aromatic N) is 3. The zero-order valence-corrected chi connectivity index (χ0v) is 9.16. The first kappa shape index (κ1) is 10.2. The fraction of sp³-hybridized carbons (Fsp3) is 0.778. The van der Waals surface area contributed by atoms with Crippen molar-refractivity contribution in [2.24, 2.45) is 0 Å². The normalized spacial score (nSPS) is 21.7. The van der Waals surface area contributed by atoms with E-state index in [4.69, 9.17) is 4.74 Å². The molecule has 0 aromatic carbocycles. The summed E-state index contributed by atoms with van der Waals surface area (Å²) in [5.41, 5.74) is 0. The molecule has 6 heteroatoms. The molecule has 0 spiro atoms. The van der Waals surface area contributed by atoms with Crippen LogP contribution in [0.25, 0.3) is 0 Å². The minimum atomic E-state index is 0.429. The van der Waals surface area contributed by atoms with Crippen LogP contribution in [0, 0.1) is 0 Å². The molecular weight excluding hydrogens is 194 g/mol. The fourth-order valence-electron chi connectivity index (χ4n) is 1.70. The molecule has 0 amide bonds. The maximum absolute atomic E-state index is 5.21. The standard InChI is InChI=1S/C9H17N5O/c1-3-15-9-11-8(12-13-9)14-5-4-10-7(2)6-14/h7,10H,3-6H2,1-2H3,(H,11,12,13)/t7-/m0/s1. The topological polar surface area (TPSA) is 66.1 Å². The summed E-state index contributed by atoms with van der Waals surface area (Å²) < 4.78 is 5.21. The van der Waals surface area contributed by atoms with Gasteiger partial charge in [0.2, 0.25) is 5.95 Å². The molecule has 0 unspecified atom stereocenters. The number of hydrogen-bond donors (Lipinski definition) is 2. The molecular formula is C9H17N5O. The highest BCUT2D eigenvalue weighted by Gasteiger charge is 2.18. The Morgan fingerprint density at radius 3 is 3.20 bits per heavy atom. The maximum atomic E-state index is 5.21. The minimum absolute atomic E-state index is 0.429.